The largest absolute Gasteiger partial charge is 0.461 e. The van der Waals surface area contributed by atoms with Crippen molar-refractivity contribution in [1.82, 2.24) is 14.5 Å². The van der Waals surface area contributed by atoms with Crippen molar-refractivity contribution in [3.63, 3.8) is 0 Å². The number of unbranched alkanes of at least 4 members (excludes halogenated alkanes) is 1. The van der Waals surface area contributed by atoms with E-state index >= 15 is 0 Å². The van der Waals surface area contributed by atoms with Crippen molar-refractivity contribution >= 4 is 39.2 Å². The fourth-order valence-electron chi connectivity index (χ4n) is 4.90. The van der Waals surface area contributed by atoms with Crippen LogP contribution in [0.1, 0.15) is 25.3 Å². The number of benzene rings is 2. The van der Waals surface area contributed by atoms with Crippen molar-refractivity contribution in [3.05, 3.63) is 72.2 Å². The predicted molar refractivity (Wildman–Crippen MR) is 137 cm³/mol. The Balaban J connectivity index is 1.68. The van der Waals surface area contributed by atoms with E-state index in [1.54, 1.807) is 0 Å². The average molecular weight is 458 g/mol. The van der Waals surface area contributed by atoms with E-state index in [1.807, 2.05) is 26.1 Å². The van der Waals surface area contributed by atoms with E-state index in [4.69, 9.17) is 10.5 Å². The van der Waals surface area contributed by atoms with Gasteiger partial charge in [-0.05, 0) is 38.4 Å². The highest BCUT2D eigenvalue weighted by atomic mass is 16.5. The van der Waals surface area contributed by atoms with Crippen molar-refractivity contribution in [3.8, 4) is 0 Å². The van der Waals surface area contributed by atoms with E-state index in [9.17, 15) is 4.79 Å². The summed E-state index contributed by atoms with van der Waals surface area (Å²) in [4.78, 5) is 15.2. The molecule has 0 amide bonds. The highest BCUT2D eigenvalue weighted by Gasteiger charge is 2.33. The summed E-state index contributed by atoms with van der Waals surface area (Å²) in [5.41, 5.74) is 11.4. The van der Waals surface area contributed by atoms with Crippen molar-refractivity contribution in [2.75, 3.05) is 24.7 Å². The molecule has 5 rings (SSSR count). The van der Waals surface area contributed by atoms with Gasteiger partial charge in [0.1, 0.15) is 5.70 Å². The lowest BCUT2D eigenvalue weighted by Gasteiger charge is -2.20. The Labute approximate surface area is 199 Å². The number of aryl methyl sites for hydroxylation is 2. The number of ether oxygens (including phenoxy) is 1. The monoisotopic (exact) mass is 457 g/mol. The summed E-state index contributed by atoms with van der Waals surface area (Å²) in [5, 5.41) is 5.59. The van der Waals surface area contributed by atoms with E-state index in [0.717, 1.165) is 52.6 Å². The number of nitrogens with two attached hydrogens (primary N) is 1. The molecule has 0 saturated carbocycles. The summed E-state index contributed by atoms with van der Waals surface area (Å²) in [6.45, 7) is 4.24. The fourth-order valence-corrected chi connectivity index (χ4v) is 4.90. The van der Waals surface area contributed by atoms with Crippen LogP contribution in [0.15, 0.2) is 66.6 Å². The number of hydrogen-bond donors (Lipinski definition) is 2. The highest BCUT2D eigenvalue weighted by molar-refractivity contribution is 6.09. The maximum absolute atomic E-state index is 13.0. The average Bonchev–Trinajstić information content (AvgIpc) is 3.53. The number of aromatic nitrogens is 2. The van der Waals surface area contributed by atoms with Crippen LogP contribution in [-0.4, -0.2) is 34.9 Å². The number of nitrogens with one attached hydrogen (secondary N) is 1. The molecular formula is C27H31N5O2. The van der Waals surface area contributed by atoms with Crippen molar-refractivity contribution in [2.45, 2.75) is 26.3 Å². The van der Waals surface area contributed by atoms with E-state index in [0.29, 0.717) is 25.5 Å². The van der Waals surface area contributed by atoms with Gasteiger partial charge in [-0.3, -0.25) is 0 Å². The second-order valence-corrected chi connectivity index (χ2v) is 8.60. The zero-order valence-corrected chi connectivity index (χ0v) is 19.8. The molecular weight excluding hydrogens is 426 g/mol. The Bertz CT molecular complexity index is 1380. The summed E-state index contributed by atoms with van der Waals surface area (Å²) in [6.07, 6.45) is 6.30. The molecule has 0 aliphatic carbocycles. The van der Waals surface area contributed by atoms with Crippen LogP contribution in [0.2, 0.25) is 0 Å². The third-order valence-corrected chi connectivity index (χ3v) is 6.46. The van der Waals surface area contributed by atoms with E-state index < -0.39 is 0 Å². The van der Waals surface area contributed by atoms with Crippen LogP contribution in [0.5, 0.6) is 0 Å². The number of nitrogens with zero attached hydrogens (tertiary/aromatic N) is 3. The molecule has 176 valence electrons. The van der Waals surface area contributed by atoms with Gasteiger partial charge in [0.2, 0.25) is 0 Å². The lowest BCUT2D eigenvalue weighted by molar-refractivity contribution is -0.138. The Morgan fingerprint density at radius 3 is 2.53 bits per heavy atom. The minimum Gasteiger partial charge on any atom is -0.461 e. The molecule has 0 saturated heterocycles. The Morgan fingerprint density at radius 1 is 1.03 bits per heavy atom. The predicted octanol–water partition coefficient (Wildman–Crippen LogP) is 4.17. The van der Waals surface area contributed by atoms with Gasteiger partial charge in [0.05, 0.1) is 30.2 Å². The smallest absolute Gasteiger partial charge is 0.356 e. The first kappa shape index (κ1) is 22.1. The van der Waals surface area contributed by atoms with Crippen LogP contribution in [0.3, 0.4) is 0 Å². The molecule has 2 aromatic carbocycles. The number of para-hydroxylation sites is 2. The summed E-state index contributed by atoms with van der Waals surface area (Å²) in [7, 11) is 2.03. The Morgan fingerprint density at radius 2 is 1.76 bits per heavy atom. The van der Waals surface area contributed by atoms with Gasteiger partial charge in [-0.15, -0.1) is 0 Å². The van der Waals surface area contributed by atoms with Crippen LogP contribution >= 0.6 is 0 Å². The SMILES string of the molecule is CCOC(=O)C1=C(c2cn(C)c3ccccc23)N(c2cn(CCCCN)c3ccccc23)CN1. The molecule has 7 nitrogen and oxygen atoms in total. The molecule has 0 unspecified atom stereocenters. The van der Waals surface area contributed by atoms with Gasteiger partial charge in [-0.1, -0.05) is 36.4 Å². The minimum atomic E-state index is -0.334. The normalized spacial score (nSPS) is 13.8. The van der Waals surface area contributed by atoms with Gasteiger partial charge >= 0.3 is 5.97 Å². The van der Waals surface area contributed by atoms with Crippen LogP contribution in [0, 0.1) is 0 Å². The third-order valence-electron chi connectivity index (χ3n) is 6.46. The number of anilines is 1. The summed E-state index contributed by atoms with van der Waals surface area (Å²) in [5.74, 6) is -0.334. The first-order valence-corrected chi connectivity index (χ1v) is 11.9. The van der Waals surface area contributed by atoms with E-state index in [-0.39, 0.29) is 5.97 Å². The first-order valence-electron chi connectivity index (χ1n) is 11.9. The summed E-state index contributed by atoms with van der Waals surface area (Å²) < 4.78 is 9.83. The molecule has 3 heterocycles. The first-order chi connectivity index (χ1) is 16.6. The zero-order chi connectivity index (χ0) is 23.7. The number of rotatable bonds is 8. The Hall–Kier alpha value is -3.71. The molecule has 4 aromatic rings. The molecule has 0 radical (unpaired) electrons. The maximum atomic E-state index is 13.0. The van der Waals surface area contributed by atoms with Gasteiger partial charge < -0.3 is 29.8 Å². The molecule has 34 heavy (non-hydrogen) atoms. The van der Waals surface area contributed by atoms with E-state index in [2.05, 4.69) is 68.1 Å². The van der Waals surface area contributed by atoms with E-state index in [1.165, 1.54) is 5.52 Å². The third kappa shape index (κ3) is 3.72. The van der Waals surface area contributed by atoms with Crippen LogP contribution in [-0.2, 0) is 23.1 Å². The molecule has 3 N–H and O–H groups in total. The van der Waals surface area contributed by atoms with Crippen LogP contribution < -0.4 is 16.0 Å². The number of carbonyl (C=O) groups excluding carboxylic acids is 1. The number of hydrogen-bond acceptors (Lipinski definition) is 5. The van der Waals surface area contributed by atoms with Gasteiger partial charge in [0.25, 0.3) is 0 Å². The minimum absolute atomic E-state index is 0.327. The highest BCUT2D eigenvalue weighted by Crippen LogP contribution is 2.40. The summed E-state index contributed by atoms with van der Waals surface area (Å²) >= 11 is 0. The van der Waals surface area contributed by atoms with Gasteiger partial charge in [-0.25, -0.2) is 4.79 Å². The number of esters is 1. The number of fused-ring (bicyclic) bond motifs is 2. The van der Waals surface area contributed by atoms with Gasteiger partial charge in [-0.2, -0.15) is 0 Å². The summed E-state index contributed by atoms with van der Waals surface area (Å²) in [6, 6.07) is 16.7. The van der Waals surface area contributed by atoms with Gasteiger partial charge in [0, 0.05) is 47.8 Å². The molecule has 1 aliphatic heterocycles. The lowest BCUT2D eigenvalue weighted by Crippen LogP contribution is -2.23. The topological polar surface area (TPSA) is 77.5 Å². The van der Waals surface area contributed by atoms with Crippen LogP contribution in [0.4, 0.5) is 5.69 Å². The molecule has 0 bridgehead atoms. The van der Waals surface area contributed by atoms with Crippen LogP contribution in [0.25, 0.3) is 27.5 Å². The standard InChI is InChI=1S/C27H31N5O2/c1-3-34-27(33)25-26(21-16-30(2)22-12-6-4-10-19(21)22)32(18-29-25)24-17-31(15-9-8-14-28)23-13-7-5-11-20(23)24/h4-7,10-13,16-17,29H,3,8-9,14-15,18,28H2,1-2H3. The van der Waals surface area contributed by atoms with Crippen molar-refractivity contribution in [1.29, 1.82) is 0 Å². The Kier molecular flexibility index (Phi) is 6.02. The molecule has 0 atom stereocenters. The van der Waals surface area contributed by atoms with Crippen molar-refractivity contribution < 1.29 is 9.53 Å². The molecule has 2 aromatic heterocycles. The zero-order valence-electron chi connectivity index (χ0n) is 19.8. The quantitative estimate of drug-likeness (QED) is 0.307. The molecule has 0 fully saturated rings. The molecule has 1 aliphatic rings. The number of carbonyl (C=O) groups is 1. The second-order valence-electron chi connectivity index (χ2n) is 8.60. The van der Waals surface area contributed by atoms with Crippen molar-refractivity contribution in [2.24, 2.45) is 12.8 Å². The maximum Gasteiger partial charge on any atom is 0.356 e. The molecule has 0 spiro atoms. The molecule has 7 heteroatoms. The fraction of sp³-hybridized carbons (Fsp3) is 0.296. The lowest BCUT2D eigenvalue weighted by atomic mass is 10.1. The van der Waals surface area contributed by atoms with Gasteiger partial charge in [0.15, 0.2) is 0 Å². The second kappa shape index (κ2) is 9.27.